The van der Waals surface area contributed by atoms with Crippen LogP contribution in [0.15, 0.2) is 11.6 Å². The number of Topliss-reactive ketones (excluding diaryl/α,β-unsaturated/α-hetero) is 1. The molecule has 0 spiro atoms. The third-order valence-corrected chi connectivity index (χ3v) is 9.46. The van der Waals surface area contributed by atoms with Gasteiger partial charge in [-0.05, 0) is 73.7 Å². The lowest BCUT2D eigenvalue weighted by Crippen LogP contribution is -2.61. The van der Waals surface area contributed by atoms with Crippen molar-refractivity contribution in [2.75, 3.05) is 20.5 Å². The Kier molecular flexibility index (Phi) is 5.32. The fourth-order valence-corrected chi connectivity index (χ4v) is 8.14. The van der Waals surface area contributed by atoms with E-state index in [-0.39, 0.29) is 35.1 Å². The maximum atomic E-state index is 13.1. The van der Waals surface area contributed by atoms with Crippen LogP contribution in [0.25, 0.3) is 0 Å². The van der Waals surface area contributed by atoms with E-state index < -0.39 is 12.2 Å². The summed E-state index contributed by atoms with van der Waals surface area (Å²) in [5.41, 5.74) is 0.195. The Balaban J connectivity index is 1.72. The minimum absolute atomic E-state index is 0.0451. The number of methoxy groups -OCH3 is 1. The van der Waals surface area contributed by atoms with Crippen LogP contribution < -0.4 is 0 Å². The molecule has 0 amide bonds. The van der Waals surface area contributed by atoms with Crippen molar-refractivity contribution >= 4 is 11.6 Å². The number of hydrogen-bond donors (Lipinski definition) is 1. The van der Waals surface area contributed by atoms with Crippen molar-refractivity contribution < 1.29 is 24.2 Å². The van der Waals surface area contributed by atoms with Gasteiger partial charge in [-0.3, -0.25) is 9.59 Å². The quantitative estimate of drug-likeness (QED) is 0.708. The SMILES string of the molecule is COCO[C@]1(C(=O)CO)[C@H](C)C[C@H]2[C@@H]3CCC4=CC(=O)CC[C@]4(C)[C@H]3CC[C@@]21C. The largest absolute Gasteiger partial charge is 0.388 e. The molecule has 4 rings (SSSR count). The first-order valence-corrected chi connectivity index (χ1v) is 11.3. The maximum absolute atomic E-state index is 13.1. The average Bonchev–Trinajstić information content (AvgIpc) is 2.93. The lowest BCUT2D eigenvalue weighted by molar-refractivity contribution is -0.212. The Morgan fingerprint density at radius 1 is 1.21 bits per heavy atom. The van der Waals surface area contributed by atoms with Crippen LogP contribution >= 0.6 is 0 Å². The van der Waals surface area contributed by atoms with Gasteiger partial charge in [0.15, 0.2) is 11.6 Å². The molecule has 1 N–H and O–H groups in total. The molecule has 4 aliphatic rings. The molecule has 0 aromatic rings. The van der Waals surface area contributed by atoms with Crippen molar-refractivity contribution in [2.45, 2.75) is 71.3 Å². The second kappa shape index (κ2) is 7.28. The van der Waals surface area contributed by atoms with Crippen LogP contribution in [0.3, 0.4) is 0 Å². The number of fused-ring (bicyclic) bond motifs is 5. The number of hydrogen-bond acceptors (Lipinski definition) is 5. The third-order valence-electron chi connectivity index (χ3n) is 9.46. The molecule has 29 heavy (non-hydrogen) atoms. The Morgan fingerprint density at radius 3 is 2.66 bits per heavy atom. The highest BCUT2D eigenvalue weighted by Gasteiger charge is 2.69. The number of allylic oxidation sites excluding steroid dienone is 1. The van der Waals surface area contributed by atoms with E-state index in [1.807, 2.05) is 6.08 Å². The number of aliphatic hydroxyl groups excluding tert-OH is 1. The number of rotatable bonds is 5. The summed E-state index contributed by atoms with van der Waals surface area (Å²) in [5.74, 6) is 1.61. The van der Waals surface area contributed by atoms with Crippen molar-refractivity contribution in [3.63, 3.8) is 0 Å². The Hall–Kier alpha value is -1.04. The minimum Gasteiger partial charge on any atom is -0.388 e. The Bertz CT molecular complexity index is 729. The zero-order valence-corrected chi connectivity index (χ0v) is 18.3. The van der Waals surface area contributed by atoms with Crippen molar-refractivity contribution in [3.05, 3.63) is 11.6 Å². The van der Waals surface area contributed by atoms with Crippen molar-refractivity contribution in [2.24, 2.45) is 34.5 Å². The van der Waals surface area contributed by atoms with Crippen LogP contribution in [0.5, 0.6) is 0 Å². The lowest BCUT2D eigenvalue weighted by Gasteiger charge is -2.59. The molecule has 0 bridgehead atoms. The Labute approximate surface area is 174 Å². The van der Waals surface area contributed by atoms with E-state index in [1.54, 1.807) is 7.11 Å². The van der Waals surface area contributed by atoms with Gasteiger partial charge in [-0.1, -0.05) is 26.3 Å². The molecule has 4 aliphatic carbocycles. The Morgan fingerprint density at radius 2 is 1.97 bits per heavy atom. The van der Waals surface area contributed by atoms with Gasteiger partial charge in [-0.25, -0.2) is 0 Å². The van der Waals surface area contributed by atoms with Gasteiger partial charge >= 0.3 is 0 Å². The lowest BCUT2D eigenvalue weighted by atomic mass is 9.46. The van der Waals surface area contributed by atoms with Crippen molar-refractivity contribution in [3.8, 4) is 0 Å². The monoisotopic (exact) mass is 404 g/mol. The van der Waals surface area contributed by atoms with Crippen LogP contribution in [0.4, 0.5) is 0 Å². The summed E-state index contributed by atoms with van der Waals surface area (Å²) in [6.45, 7) is 6.28. The normalized spacial score (nSPS) is 46.5. The number of carbonyl (C=O) groups is 2. The summed E-state index contributed by atoms with van der Waals surface area (Å²) in [4.78, 5) is 25.1. The molecule has 7 atom stereocenters. The topological polar surface area (TPSA) is 72.8 Å². The van der Waals surface area contributed by atoms with Gasteiger partial charge in [0.2, 0.25) is 0 Å². The van der Waals surface area contributed by atoms with Gasteiger partial charge in [-0.15, -0.1) is 0 Å². The molecule has 3 saturated carbocycles. The first-order valence-electron chi connectivity index (χ1n) is 11.3. The molecule has 0 aromatic heterocycles. The van der Waals surface area contributed by atoms with Crippen LogP contribution in [-0.4, -0.2) is 42.8 Å². The van der Waals surface area contributed by atoms with Gasteiger partial charge in [0.1, 0.15) is 19.0 Å². The van der Waals surface area contributed by atoms with Crippen molar-refractivity contribution in [1.82, 2.24) is 0 Å². The van der Waals surface area contributed by atoms with Crippen LogP contribution in [-0.2, 0) is 19.1 Å². The van der Waals surface area contributed by atoms with Crippen LogP contribution in [0, 0.1) is 34.5 Å². The first kappa shape index (κ1) is 21.2. The highest BCUT2D eigenvalue weighted by Crippen LogP contribution is 2.69. The predicted molar refractivity (Wildman–Crippen MR) is 109 cm³/mol. The fourth-order valence-electron chi connectivity index (χ4n) is 8.14. The van der Waals surface area contributed by atoms with E-state index in [9.17, 15) is 14.7 Å². The number of ether oxygens (including phenoxy) is 2. The molecule has 0 heterocycles. The third kappa shape index (κ3) is 2.76. The molecular formula is C24H36O5. The summed E-state index contributed by atoms with van der Waals surface area (Å²) in [5, 5.41) is 9.83. The molecule has 0 unspecified atom stereocenters. The minimum atomic E-state index is -0.979. The average molecular weight is 405 g/mol. The molecule has 0 aliphatic heterocycles. The van der Waals surface area contributed by atoms with E-state index in [4.69, 9.17) is 9.47 Å². The standard InChI is InChI=1S/C24H36O5/c1-15-11-20-18-6-5-16-12-17(26)7-9-22(16,2)19(18)8-10-23(20,3)24(15,21(27)13-25)29-14-28-4/h12,15,18-20,25H,5-11,13-14H2,1-4H3/t15-,18-,19+,20+,22+,23+,24+/m1/s1. The van der Waals surface area contributed by atoms with Gasteiger partial charge in [0, 0.05) is 18.9 Å². The summed E-state index contributed by atoms with van der Waals surface area (Å²) < 4.78 is 11.4. The molecule has 0 radical (unpaired) electrons. The van der Waals surface area contributed by atoms with E-state index >= 15 is 0 Å². The second-order valence-electron chi connectivity index (χ2n) is 10.4. The molecule has 3 fully saturated rings. The van der Waals surface area contributed by atoms with Gasteiger partial charge in [-0.2, -0.15) is 0 Å². The zero-order chi connectivity index (χ0) is 21.0. The van der Waals surface area contributed by atoms with E-state index in [0.717, 1.165) is 38.5 Å². The van der Waals surface area contributed by atoms with Crippen LogP contribution in [0.1, 0.15) is 65.7 Å². The van der Waals surface area contributed by atoms with Crippen molar-refractivity contribution in [1.29, 1.82) is 0 Å². The van der Waals surface area contributed by atoms with Crippen LogP contribution in [0.2, 0.25) is 0 Å². The molecule has 5 nitrogen and oxygen atoms in total. The first-order chi connectivity index (χ1) is 13.7. The van der Waals surface area contributed by atoms with Gasteiger partial charge in [0.05, 0.1) is 0 Å². The highest BCUT2D eigenvalue weighted by molar-refractivity contribution is 5.92. The predicted octanol–water partition coefficient (Wildman–Crippen LogP) is 3.69. The summed E-state index contributed by atoms with van der Waals surface area (Å²) >= 11 is 0. The summed E-state index contributed by atoms with van der Waals surface area (Å²) in [7, 11) is 1.58. The zero-order valence-electron chi connectivity index (χ0n) is 18.3. The second-order valence-corrected chi connectivity index (χ2v) is 10.4. The maximum Gasteiger partial charge on any atom is 0.190 e. The van der Waals surface area contributed by atoms with Gasteiger partial charge in [0.25, 0.3) is 0 Å². The highest BCUT2D eigenvalue weighted by atomic mass is 16.7. The van der Waals surface area contributed by atoms with E-state index in [1.165, 1.54) is 5.57 Å². The number of ketones is 2. The summed E-state index contributed by atoms with van der Waals surface area (Å²) in [6.07, 6.45) is 8.53. The molecule has 0 saturated heterocycles. The molecular weight excluding hydrogens is 368 g/mol. The number of aliphatic hydroxyl groups is 1. The molecule has 162 valence electrons. The van der Waals surface area contributed by atoms with E-state index in [2.05, 4.69) is 20.8 Å². The summed E-state index contributed by atoms with van der Waals surface area (Å²) in [6, 6.07) is 0. The van der Waals surface area contributed by atoms with Gasteiger partial charge < -0.3 is 14.6 Å². The van der Waals surface area contributed by atoms with E-state index in [0.29, 0.717) is 24.2 Å². The fraction of sp³-hybridized carbons (Fsp3) is 0.833. The molecule has 0 aromatic carbocycles. The smallest absolute Gasteiger partial charge is 0.190 e. The number of carbonyl (C=O) groups excluding carboxylic acids is 2. The molecule has 5 heteroatoms.